The lowest BCUT2D eigenvalue weighted by Crippen LogP contribution is -2.09. The Morgan fingerprint density at radius 2 is 1.52 bits per heavy atom. The number of aliphatic hydroxyl groups is 1. The lowest BCUT2D eigenvalue weighted by Gasteiger charge is -2.18. The summed E-state index contributed by atoms with van der Waals surface area (Å²) in [7, 11) is -3.67. The van der Waals surface area contributed by atoms with Crippen molar-refractivity contribution in [2.24, 2.45) is 0 Å². The van der Waals surface area contributed by atoms with Gasteiger partial charge in [-0.05, 0) is 41.8 Å². The van der Waals surface area contributed by atoms with Crippen LogP contribution in [0.25, 0.3) is 0 Å². The van der Waals surface area contributed by atoms with Gasteiger partial charge < -0.3 is 5.11 Å². The summed E-state index contributed by atoms with van der Waals surface area (Å²) in [6.07, 6.45) is 1.23. The smallest absolute Gasteiger partial charge is 0.261 e. The van der Waals surface area contributed by atoms with E-state index in [1.165, 1.54) is 0 Å². The Bertz CT molecular complexity index is 797. The van der Waals surface area contributed by atoms with Gasteiger partial charge in [0.05, 0.1) is 12.9 Å². The Hall–Kier alpha value is -0.530. The average molecular weight is 446 g/mol. The van der Waals surface area contributed by atoms with Crippen molar-refractivity contribution in [2.75, 3.05) is 12.9 Å². The maximum absolute atomic E-state index is 9.64. The molecule has 138 valence electrons. The van der Waals surface area contributed by atoms with Crippen LogP contribution in [0.5, 0.6) is 0 Å². The molecule has 0 heterocycles. The molecule has 2 rings (SSSR count). The number of hydrogen-bond donors (Lipinski definition) is 2. The highest BCUT2D eigenvalue weighted by Crippen LogP contribution is 2.33. The number of halogens is 4. The van der Waals surface area contributed by atoms with E-state index in [2.05, 4.69) is 0 Å². The van der Waals surface area contributed by atoms with Crippen LogP contribution in [0.15, 0.2) is 36.4 Å². The Morgan fingerprint density at radius 1 is 1.00 bits per heavy atom. The molecule has 2 aromatic rings. The fourth-order valence-electron chi connectivity index (χ4n) is 2.08. The predicted octanol–water partition coefficient (Wildman–Crippen LogP) is 5.12. The lowest BCUT2D eigenvalue weighted by molar-refractivity contribution is 0.264. The highest BCUT2D eigenvalue weighted by molar-refractivity contribution is 7.85. The minimum atomic E-state index is -3.67. The molecule has 0 saturated carbocycles. The van der Waals surface area contributed by atoms with Gasteiger partial charge >= 0.3 is 0 Å². The van der Waals surface area contributed by atoms with Gasteiger partial charge in [0.2, 0.25) is 0 Å². The Morgan fingerprint density at radius 3 is 1.96 bits per heavy atom. The maximum atomic E-state index is 9.64. The van der Waals surface area contributed by atoms with Gasteiger partial charge in [0.25, 0.3) is 10.1 Å². The van der Waals surface area contributed by atoms with Gasteiger partial charge in [-0.3, -0.25) is 4.55 Å². The third-order valence-corrected chi connectivity index (χ3v) is 4.41. The highest BCUT2D eigenvalue weighted by atomic mass is 35.5. The molecule has 0 aliphatic rings. The summed E-state index contributed by atoms with van der Waals surface area (Å²) in [6.45, 7) is -0.0527. The van der Waals surface area contributed by atoms with Crippen LogP contribution in [-0.4, -0.2) is 30.9 Å². The summed E-state index contributed by atoms with van der Waals surface area (Å²) in [5.41, 5.74) is 1.63. The van der Waals surface area contributed by atoms with E-state index in [0.29, 0.717) is 32.8 Å². The Balaban J connectivity index is 0.000000550. The van der Waals surface area contributed by atoms with Crippen molar-refractivity contribution < 1.29 is 18.1 Å². The third kappa shape index (κ3) is 8.13. The first-order chi connectivity index (χ1) is 11.5. The van der Waals surface area contributed by atoms with Crippen LogP contribution in [0, 0.1) is 0 Å². The van der Waals surface area contributed by atoms with E-state index in [-0.39, 0.29) is 12.5 Å². The Labute approximate surface area is 167 Å². The van der Waals surface area contributed by atoms with E-state index in [1.807, 2.05) is 6.07 Å². The van der Waals surface area contributed by atoms with Crippen LogP contribution in [0.2, 0.25) is 20.1 Å². The zero-order chi connectivity index (χ0) is 19.2. The largest absolute Gasteiger partial charge is 0.396 e. The fourth-order valence-corrected chi connectivity index (χ4v) is 3.19. The summed E-state index contributed by atoms with van der Waals surface area (Å²) in [4.78, 5) is 0. The summed E-state index contributed by atoms with van der Waals surface area (Å²) in [5, 5.41) is 11.9. The number of benzene rings is 2. The van der Waals surface area contributed by atoms with E-state index in [0.717, 1.165) is 11.1 Å². The second-order valence-corrected chi connectivity index (χ2v) is 8.31. The van der Waals surface area contributed by atoms with Gasteiger partial charge in [-0.2, -0.15) is 8.42 Å². The van der Waals surface area contributed by atoms with Gasteiger partial charge in [-0.1, -0.05) is 58.5 Å². The van der Waals surface area contributed by atoms with Crippen LogP contribution in [0.3, 0.4) is 0 Å². The summed E-state index contributed by atoms with van der Waals surface area (Å²) in [6, 6.07) is 10.6. The standard InChI is InChI=1S/C15H12Cl4O.CH4O3S/c16-10-4-5-11(15(19)7-10)9(8-20)6-12-13(17)2-1-3-14(12)18;1-5(2,3)4/h1-5,7,9,20H,6,8H2;1H3,(H,2,3,4). The number of aliphatic hydroxyl groups excluding tert-OH is 1. The first-order valence-electron chi connectivity index (χ1n) is 6.94. The first-order valence-corrected chi connectivity index (χ1v) is 10.3. The van der Waals surface area contributed by atoms with Crippen molar-refractivity contribution in [1.29, 1.82) is 0 Å². The Kier molecular flexibility index (Phi) is 8.98. The van der Waals surface area contributed by atoms with Crippen LogP contribution in [0.1, 0.15) is 17.0 Å². The van der Waals surface area contributed by atoms with Crippen molar-refractivity contribution in [3.63, 3.8) is 0 Å². The van der Waals surface area contributed by atoms with E-state index in [4.69, 9.17) is 51.0 Å². The third-order valence-electron chi connectivity index (χ3n) is 3.13. The minimum absolute atomic E-state index is 0.0527. The zero-order valence-electron chi connectivity index (χ0n) is 13.1. The molecule has 0 aliphatic heterocycles. The number of rotatable bonds is 4. The molecule has 0 bridgehead atoms. The van der Waals surface area contributed by atoms with Crippen molar-refractivity contribution in [2.45, 2.75) is 12.3 Å². The van der Waals surface area contributed by atoms with Crippen molar-refractivity contribution in [1.82, 2.24) is 0 Å². The van der Waals surface area contributed by atoms with Crippen LogP contribution >= 0.6 is 46.4 Å². The molecular weight excluding hydrogens is 430 g/mol. The minimum Gasteiger partial charge on any atom is -0.396 e. The molecular formula is C16H16Cl4O4S. The quantitative estimate of drug-likeness (QED) is 0.640. The van der Waals surface area contributed by atoms with E-state index >= 15 is 0 Å². The van der Waals surface area contributed by atoms with Gasteiger partial charge in [0.1, 0.15) is 0 Å². The summed E-state index contributed by atoms with van der Waals surface area (Å²) >= 11 is 24.4. The highest BCUT2D eigenvalue weighted by Gasteiger charge is 2.18. The molecule has 1 unspecified atom stereocenters. The molecule has 0 aliphatic carbocycles. The van der Waals surface area contributed by atoms with Crippen molar-refractivity contribution in [3.8, 4) is 0 Å². The van der Waals surface area contributed by atoms with Gasteiger partial charge in [0, 0.05) is 26.0 Å². The lowest BCUT2D eigenvalue weighted by atomic mass is 9.92. The molecule has 25 heavy (non-hydrogen) atoms. The molecule has 2 aromatic carbocycles. The van der Waals surface area contributed by atoms with E-state index < -0.39 is 10.1 Å². The molecule has 0 radical (unpaired) electrons. The molecule has 0 fully saturated rings. The molecule has 0 amide bonds. The van der Waals surface area contributed by atoms with E-state index in [9.17, 15) is 13.5 Å². The molecule has 0 spiro atoms. The SMILES string of the molecule is CS(=O)(=O)O.OCC(Cc1c(Cl)cccc1Cl)c1ccc(Cl)cc1Cl. The molecule has 9 heteroatoms. The molecule has 0 saturated heterocycles. The molecule has 0 aromatic heterocycles. The van der Waals surface area contributed by atoms with Gasteiger partial charge in [-0.15, -0.1) is 0 Å². The average Bonchev–Trinajstić information content (AvgIpc) is 2.46. The first kappa shape index (κ1) is 22.5. The molecule has 2 N–H and O–H groups in total. The predicted molar refractivity (Wildman–Crippen MR) is 104 cm³/mol. The monoisotopic (exact) mass is 444 g/mol. The van der Waals surface area contributed by atoms with Gasteiger partial charge in [-0.25, -0.2) is 0 Å². The summed E-state index contributed by atoms with van der Waals surface area (Å²) < 4.78 is 25.9. The van der Waals surface area contributed by atoms with Crippen LogP contribution < -0.4 is 0 Å². The van der Waals surface area contributed by atoms with E-state index in [1.54, 1.807) is 30.3 Å². The topological polar surface area (TPSA) is 74.6 Å². The summed E-state index contributed by atoms with van der Waals surface area (Å²) in [5.74, 6) is -0.183. The molecule has 4 nitrogen and oxygen atoms in total. The van der Waals surface area contributed by atoms with Crippen LogP contribution in [0.4, 0.5) is 0 Å². The second kappa shape index (κ2) is 9.97. The maximum Gasteiger partial charge on any atom is 0.261 e. The normalized spacial score (nSPS) is 12.3. The van der Waals surface area contributed by atoms with Crippen LogP contribution in [-0.2, 0) is 16.5 Å². The molecule has 1 atom stereocenters. The second-order valence-electron chi connectivity index (χ2n) is 5.18. The van der Waals surface area contributed by atoms with Crippen molar-refractivity contribution in [3.05, 3.63) is 67.6 Å². The van der Waals surface area contributed by atoms with Crippen molar-refractivity contribution >= 4 is 56.5 Å². The zero-order valence-corrected chi connectivity index (χ0v) is 16.9. The fraction of sp³-hybridized carbons (Fsp3) is 0.250. The van der Waals surface area contributed by atoms with Gasteiger partial charge in [0.15, 0.2) is 0 Å². The number of hydrogen-bond acceptors (Lipinski definition) is 3.